The smallest absolute Gasteiger partial charge is 0.317 e. The molecule has 5 nitrogen and oxygen atoms in total. The van der Waals surface area contributed by atoms with Crippen molar-refractivity contribution in [1.82, 2.24) is 14.5 Å². The summed E-state index contributed by atoms with van der Waals surface area (Å²) >= 11 is 0. The van der Waals surface area contributed by atoms with Gasteiger partial charge < -0.3 is 9.67 Å². The van der Waals surface area contributed by atoms with Crippen LogP contribution in [0.5, 0.6) is 0 Å². The number of aryl methyl sites for hydroxylation is 1. The number of imidazole rings is 1. The average molecular weight is 197 g/mol. The third kappa shape index (κ3) is 2.56. The molecule has 0 bridgehead atoms. The second-order valence-corrected chi connectivity index (χ2v) is 3.42. The van der Waals surface area contributed by atoms with Gasteiger partial charge in [0.25, 0.3) is 0 Å². The number of carbonyl (C=O) groups is 1. The minimum absolute atomic E-state index is 0.0459. The molecular weight excluding hydrogens is 182 g/mol. The molecule has 78 valence electrons. The number of carboxylic acids is 1. The lowest BCUT2D eigenvalue weighted by Gasteiger charge is -2.13. The molecule has 0 atom stereocenters. The summed E-state index contributed by atoms with van der Waals surface area (Å²) < 4.78 is 1.96. The first-order chi connectivity index (χ1) is 6.50. The van der Waals surface area contributed by atoms with Gasteiger partial charge in [-0.15, -0.1) is 0 Å². The summed E-state index contributed by atoms with van der Waals surface area (Å²) in [6.07, 6.45) is 1.77. The van der Waals surface area contributed by atoms with Crippen LogP contribution >= 0.6 is 0 Å². The largest absolute Gasteiger partial charge is 0.480 e. The van der Waals surface area contributed by atoms with Gasteiger partial charge in [-0.1, -0.05) is 0 Å². The minimum Gasteiger partial charge on any atom is -0.480 e. The zero-order valence-electron chi connectivity index (χ0n) is 8.69. The lowest BCUT2D eigenvalue weighted by molar-refractivity contribution is -0.138. The highest BCUT2D eigenvalue weighted by Gasteiger charge is 2.08. The summed E-state index contributed by atoms with van der Waals surface area (Å²) in [7, 11) is 3.70. The number of nitrogens with zero attached hydrogens (tertiary/aromatic N) is 3. The van der Waals surface area contributed by atoms with Crippen LogP contribution in [0.25, 0.3) is 0 Å². The van der Waals surface area contributed by atoms with E-state index in [4.69, 9.17) is 5.11 Å². The number of aliphatic carboxylic acids is 1. The topological polar surface area (TPSA) is 58.4 Å². The van der Waals surface area contributed by atoms with Crippen LogP contribution in [0.2, 0.25) is 0 Å². The molecule has 0 aliphatic heterocycles. The first kappa shape index (κ1) is 10.7. The first-order valence-electron chi connectivity index (χ1n) is 4.38. The van der Waals surface area contributed by atoms with E-state index in [0.29, 0.717) is 6.54 Å². The van der Waals surface area contributed by atoms with Gasteiger partial charge in [-0.25, -0.2) is 4.98 Å². The molecule has 0 saturated heterocycles. The fraction of sp³-hybridized carbons (Fsp3) is 0.556. The van der Waals surface area contributed by atoms with Gasteiger partial charge in [0.05, 0.1) is 12.2 Å². The first-order valence-corrected chi connectivity index (χ1v) is 4.38. The second-order valence-electron chi connectivity index (χ2n) is 3.42. The van der Waals surface area contributed by atoms with Gasteiger partial charge in [-0.2, -0.15) is 0 Å². The maximum Gasteiger partial charge on any atom is 0.317 e. The van der Waals surface area contributed by atoms with E-state index in [1.807, 2.05) is 18.5 Å². The van der Waals surface area contributed by atoms with E-state index in [9.17, 15) is 4.79 Å². The maximum absolute atomic E-state index is 10.4. The molecule has 0 aliphatic rings. The van der Waals surface area contributed by atoms with Crippen LogP contribution < -0.4 is 0 Å². The molecule has 0 spiro atoms. The van der Waals surface area contributed by atoms with Crippen molar-refractivity contribution < 1.29 is 9.90 Å². The van der Waals surface area contributed by atoms with Crippen LogP contribution in [0.4, 0.5) is 0 Å². The fourth-order valence-corrected chi connectivity index (χ4v) is 1.26. The Morgan fingerprint density at radius 2 is 2.36 bits per heavy atom. The quantitative estimate of drug-likeness (QED) is 0.751. The van der Waals surface area contributed by atoms with Crippen LogP contribution in [0, 0.1) is 6.92 Å². The summed E-state index contributed by atoms with van der Waals surface area (Å²) in [5.41, 5.74) is 1.02. The lowest BCUT2D eigenvalue weighted by Crippen LogP contribution is -2.26. The standard InChI is InChI=1S/C9H15N3O2/c1-7-10-4-8(12(7)3)5-11(2)6-9(13)14/h4H,5-6H2,1-3H3,(H,13,14). The zero-order chi connectivity index (χ0) is 10.7. The molecule has 0 unspecified atom stereocenters. The van der Waals surface area contributed by atoms with Crippen molar-refractivity contribution in [3.05, 3.63) is 17.7 Å². The number of hydrogen-bond donors (Lipinski definition) is 1. The van der Waals surface area contributed by atoms with Crippen molar-refractivity contribution in [1.29, 1.82) is 0 Å². The van der Waals surface area contributed by atoms with Crippen molar-refractivity contribution in [3.63, 3.8) is 0 Å². The predicted octanol–water partition coefficient (Wildman–Crippen LogP) is 0.245. The van der Waals surface area contributed by atoms with Crippen molar-refractivity contribution in [3.8, 4) is 0 Å². The Kier molecular flexibility index (Phi) is 3.24. The fourth-order valence-electron chi connectivity index (χ4n) is 1.26. The Labute approximate surface area is 83.0 Å². The van der Waals surface area contributed by atoms with Crippen LogP contribution in [0.1, 0.15) is 11.5 Å². The highest BCUT2D eigenvalue weighted by molar-refractivity contribution is 5.68. The van der Waals surface area contributed by atoms with Gasteiger partial charge in [-0.3, -0.25) is 9.69 Å². The molecule has 5 heteroatoms. The second kappa shape index (κ2) is 4.23. The SMILES string of the molecule is Cc1ncc(CN(C)CC(=O)O)n1C. The molecule has 0 amide bonds. The summed E-state index contributed by atoms with van der Waals surface area (Å²) in [4.78, 5) is 16.3. The van der Waals surface area contributed by atoms with E-state index in [2.05, 4.69) is 4.98 Å². The third-order valence-corrected chi connectivity index (χ3v) is 2.15. The Morgan fingerprint density at radius 3 is 2.79 bits per heavy atom. The van der Waals surface area contributed by atoms with Gasteiger partial charge in [0.1, 0.15) is 5.82 Å². The molecule has 1 rings (SSSR count). The molecule has 0 aromatic carbocycles. The number of hydrogen-bond acceptors (Lipinski definition) is 3. The van der Waals surface area contributed by atoms with E-state index < -0.39 is 5.97 Å². The summed E-state index contributed by atoms with van der Waals surface area (Å²) in [6.45, 7) is 2.56. The van der Waals surface area contributed by atoms with E-state index in [0.717, 1.165) is 11.5 Å². The van der Waals surface area contributed by atoms with Crippen LogP contribution in [-0.4, -0.2) is 39.1 Å². The molecule has 1 aromatic heterocycles. The molecule has 0 aliphatic carbocycles. The normalized spacial score (nSPS) is 10.9. The number of carboxylic acid groups (broad SMARTS) is 1. The van der Waals surface area contributed by atoms with Crippen LogP contribution in [0.3, 0.4) is 0 Å². The van der Waals surface area contributed by atoms with E-state index >= 15 is 0 Å². The number of rotatable bonds is 4. The molecule has 1 heterocycles. The summed E-state index contributed by atoms with van der Waals surface area (Å²) in [5, 5.41) is 8.57. The van der Waals surface area contributed by atoms with E-state index in [1.165, 1.54) is 0 Å². The third-order valence-electron chi connectivity index (χ3n) is 2.15. The monoisotopic (exact) mass is 197 g/mol. The summed E-state index contributed by atoms with van der Waals surface area (Å²) in [5.74, 6) is 0.120. The van der Waals surface area contributed by atoms with Crippen molar-refractivity contribution in [2.24, 2.45) is 7.05 Å². The van der Waals surface area contributed by atoms with Crippen molar-refractivity contribution >= 4 is 5.97 Å². The Hall–Kier alpha value is -1.36. The number of aromatic nitrogens is 2. The molecule has 1 N–H and O–H groups in total. The van der Waals surface area contributed by atoms with E-state index in [1.54, 1.807) is 18.1 Å². The highest BCUT2D eigenvalue weighted by atomic mass is 16.4. The Bertz CT molecular complexity index is 333. The molecular formula is C9H15N3O2. The van der Waals surface area contributed by atoms with Gasteiger partial charge in [0, 0.05) is 19.8 Å². The minimum atomic E-state index is -0.814. The molecule has 0 saturated carbocycles. The average Bonchev–Trinajstić information content (AvgIpc) is 2.34. The molecule has 0 radical (unpaired) electrons. The lowest BCUT2D eigenvalue weighted by atomic mass is 10.4. The Morgan fingerprint density at radius 1 is 1.71 bits per heavy atom. The predicted molar refractivity (Wildman–Crippen MR) is 51.9 cm³/mol. The molecule has 1 aromatic rings. The van der Waals surface area contributed by atoms with Crippen molar-refractivity contribution in [2.45, 2.75) is 13.5 Å². The van der Waals surface area contributed by atoms with Gasteiger partial charge in [0.2, 0.25) is 0 Å². The van der Waals surface area contributed by atoms with Gasteiger partial charge in [-0.05, 0) is 14.0 Å². The molecule has 14 heavy (non-hydrogen) atoms. The maximum atomic E-state index is 10.4. The van der Waals surface area contributed by atoms with Crippen molar-refractivity contribution in [2.75, 3.05) is 13.6 Å². The zero-order valence-corrected chi connectivity index (χ0v) is 8.69. The van der Waals surface area contributed by atoms with Gasteiger partial charge in [0.15, 0.2) is 0 Å². The van der Waals surface area contributed by atoms with Gasteiger partial charge >= 0.3 is 5.97 Å². The highest BCUT2D eigenvalue weighted by Crippen LogP contribution is 2.04. The summed E-state index contributed by atoms with van der Waals surface area (Å²) in [6, 6.07) is 0. The van der Waals surface area contributed by atoms with Crippen LogP contribution in [0.15, 0.2) is 6.20 Å². The van der Waals surface area contributed by atoms with E-state index in [-0.39, 0.29) is 6.54 Å². The van der Waals surface area contributed by atoms with Crippen LogP contribution in [-0.2, 0) is 18.4 Å². The Balaban J connectivity index is 2.60. The number of likely N-dealkylation sites (N-methyl/N-ethyl adjacent to an activating group) is 1. The molecule has 0 fully saturated rings.